The van der Waals surface area contributed by atoms with Crippen molar-refractivity contribution in [3.8, 4) is 0 Å². The smallest absolute Gasteiger partial charge is 0.315 e. The van der Waals surface area contributed by atoms with Gasteiger partial charge in [0.05, 0.1) is 6.10 Å². The average molecular weight is 330 g/mol. The summed E-state index contributed by atoms with van der Waals surface area (Å²) in [6, 6.07) is 17.3. The van der Waals surface area contributed by atoms with E-state index in [9.17, 15) is 9.90 Å². The molecule has 2 rings (SSSR count). The lowest BCUT2D eigenvalue weighted by molar-refractivity contribution is 0.167. The van der Waals surface area contributed by atoms with Crippen molar-refractivity contribution in [2.24, 2.45) is 0 Å². The van der Waals surface area contributed by atoms with Crippen LogP contribution in [0.3, 0.4) is 0 Å². The summed E-state index contributed by atoms with van der Waals surface area (Å²) in [5.74, 6) is 0. The Hall–Kier alpha value is -1.98. The molecule has 0 aromatic heterocycles. The predicted molar refractivity (Wildman–Crippen MR) is 94.5 cm³/mol. The van der Waals surface area contributed by atoms with Gasteiger partial charge in [0.15, 0.2) is 0 Å². The van der Waals surface area contributed by atoms with Gasteiger partial charge in [-0.1, -0.05) is 42.5 Å². The highest BCUT2D eigenvalue weighted by Crippen LogP contribution is 2.15. The molecule has 2 aromatic carbocycles. The van der Waals surface area contributed by atoms with Gasteiger partial charge in [0, 0.05) is 18.0 Å². The van der Waals surface area contributed by atoms with Crippen LogP contribution in [0.1, 0.15) is 23.7 Å². The van der Waals surface area contributed by atoms with Crippen molar-refractivity contribution in [3.63, 3.8) is 0 Å². The first kappa shape index (κ1) is 17.4. The van der Waals surface area contributed by atoms with Crippen LogP contribution in [0.5, 0.6) is 0 Å². The topological polar surface area (TPSA) is 61.4 Å². The Labute approximate surface area is 141 Å². The normalized spacial score (nSPS) is 11.7. The fraction of sp³-hybridized carbons (Fsp3) is 0.278. The van der Waals surface area contributed by atoms with Gasteiger partial charge in [-0.25, -0.2) is 4.79 Å². The maximum absolute atomic E-state index is 11.7. The van der Waals surface area contributed by atoms with Gasteiger partial charge in [0.1, 0.15) is 0 Å². The Morgan fingerprint density at radius 2 is 1.78 bits per heavy atom. The number of aliphatic hydroxyl groups is 1. The summed E-state index contributed by atoms with van der Waals surface area (Å²) in [6.07, 6.45) is 1.96. The molecule has 0 bridgehead atoms. The van der Waals surface area contributed by atoms with Crippen LogP contribution in [0.25, 0.3) is 0 Å². The van der Waals surface area contributed by atoms with Crippen LogP contribution in [0.2, 0.25) is 0 Å². The minimum absolute atomic E-state index is 0.223. The zero-order chi connectivity index (χ0) is 16.5. The summed E-state index contributed by atoms with van der Waals surface area (Å²) in [5.41, 5.74) is 1.92. The SMILES string of the molecule is CSc1ccc(CNC(=O)NCCC(O)c2ccccc2)cc1. The molecule has 3 N–H and O–H groups in total. The molecule has 0 saturated carbocycles. The van der Waals surface area contributed by atoms with E-state index in [0.29, 0.717) is 19.5 Å². The number of aliphatic hydroxyl groups excluding tert-OH is 1. The molecule has 4 nitrogen and oxygen atoms in total. The van der Waals surface area contributed by atoms with Gasteiger partial charge in [-0.2, -0.15) is 0 Å². The Balaban J connectivity index is 1.66. The number of hydrogen-bond donors (Lipinski definition) is 3. The van der Waals surface area contributed by atoms with E-state index in [4.69, 9.17) is 0 Å². The van der Waals surface area contributed by atoms with Gasteiger partial charge in [-0.05, 0) is 35.9 Å². The highest BCUT2D eigenvalue weighted by Gasteiger charge is 2.07. The summed E-state index contributed by atoms with van der Waals surface area (Å²) < 4.78 is 0. The second-order valence-electron chi connectivity index (χ2n) is 5.17. The molecule has 1 atom stereocenters. The summed E-state index contributed by atoms with van der Waals surface area (Å²) in [6.45, 7) is 0.912. The first-order valence-electron chi connectivity index (χ1n) is 7.56. The van der Waals surface area contributed by atoms with Gasteiger partial charge < -0.3 is 15.7 Å². The lowest BCUT2D eigenvalue weighted by Gasteiger charge is -2.12. The van der Waals surface area contributed by atoms with Gasteiger partial charge in [-0.3, -0.25) is 0 Å². The third kappa shape index (κ3) is 5.96. The summed E-state index contributed by atoms with van der Waals surface area (Å²) in [5, 5.41) is 15.6. The molecule has 0 heterocycles. The molecule has 2 amide bonds. The number of urea groups is 1. The third-order valence-corrected chi connectivity index (χ3v) is 4.24. The van der Waals surface area contributed by atoms with Crippen molar-refractivity contribution in [3.05, 3.63) is 65.7 Å². The van der Waals surface area contributed by atoms with Crippen molar-refractivity contribution >= 4 is 17.8 Å². The number of thioether (sulfide) groups is 1. The summed E-state index contributed by atoms with van der Waals surface area (Å²) in [7, 11) is 0. The van der Waals surface area contributed by atoms with Gasteiger partial charge in [-0.15, -0.1) is 11.8 Å². The predicted octanol–water partition coefficient (Wildman–Crippen LogP) is 3.33. The molecule has 0 aliphatic heterocycles. The largest absolute Gasteiger partial charge is 0.388 e. The minimum atomic E-state index is -0.560. The van der Waals surface area contributed by atoms with E-state index in [1.54, 1.807) is 11.8 Å². The van der Waals surface area contributed by atoms with Crippen molar-refractivity contribution in [2.45, 2.75) is 24.0 Å². The van der Waals surface area contributed by atoms with E-state index in [1.807, 2.05) is 60.9 Å². The van der Waals surface area contributed by atoms with Crippen LogP contribution < -0.4 is 10.6 Å². The van der Waals surface area contributed by atoms with Gasteiger partial charge in [0.25, 0.3) is 0 Å². The summed E-state index contributed by atoms with van der Waals surface area (Å²) >= 11 is 1.69. The second-order valence-corrected chi connectivity index (χ2v) is 6.05. The van der Waals surface area contributed by atoms with Crippen LogP contribution in [0.4, 0.5) is 4.79 Å². The van der Waals surface area contributed by atoms with E-state index in [0.717, 1.165) is 11.1 Å². The molecule has 0 saturated heterocycles. The van der Waals surface area contributed by atoms with E-state index >= 15 is 0 Å². The van der Waals surface area contributed by atoms with Gasteiger partial charge >= 0.3 is 6.03 Å². The standard InChI is InChI=1S/C18H22N2O2S/c1-23-16-9-7-14(8-10-16)13-20-18(22)19-12-11-17(21)15-5-3-2-4-6-15/h2-10,17,21H,11-13H2,1H3,(H2,19,20,22). The zero-order valence-electron chi connectivity index (χ0n) is 13.2. The maximum Gasteiger partial charge on any atom is 0.315 e. The fourth-order valence-electron chi connectivity index (χ4n) is 2.15. The van der Waals surface area contributed by atoms with Gasteiger partial charge in [0.2, 0.25) is 0 Å². The molecule has 2 aromatic rings. The van der Waals surface area contributed by atoms with Crippen LogP contribution >= 0.6 is 11.8 Å². The molecule has 0 radical (unpaired) electrons. The quantitative estimate of drug-likeness (QED) is 0.683. The number of rotatable bonds is 7. The number of carbonyl (C=O) groups is 1. The monoisotopic (exact) mass is 330 g/mol. The van der Waals surface area contributed by atoms with E-state index < -0.39 is 6.10 Å². The minimum Gasteiger partial charge on any atom is -0.388 e. The van der Waals surface area contributed by atoms with Crippen LogP contribution in [-0.4, -0.2) is 23.9 Å². The first-order chi connectivity index (χ1) is 11.2. The Bertz CT molecular complexity index is 602. The molecular weight excluding hydrogens is 308 g/mol. The zero-order valence-corrected chi connectivity index (χ0v) is 14.0. The van der Waals surface area contributed by atoms with Crippen molar-refractivity contribution in [1.29, 1.82) is 0 Å². The second kappa shape index (κ2) is 9.22. The highest BCUT2D eigenvalue weighted by molar-refractivity contribution is 7.98. The molecule has 0 spiro atoms. The number of hydrogen-bond acceptors (Lipinski definition) is 3. The number of amides is 2. The Kier molecular flexibility index (Phi) is 6.97. The maximum atomic E-state index is 11.7. The summed E-state index contributed by atoms with van der Waals surface area (Å²) in [4.78, 5) is 13.0. The molecule has 0 aliphatic rings. The molecule has 23 heavy (non-hydrogen) atoms. The van der Waals surface area contributed by atoms with Crippen molar-refractivity contribution in [1.82, 2.24) is 10.6 Å². The lowest BCUT2D eigenvalue weighted by Crippen LogP contribution is -2.36. The van der Waals surface area contributed by atoms with Crippen LogP contribution in [0.15, 0.2) is 59.5 Å². The van der Waals surface area contributed by atoms with E-state index in [-0.39, 0.29) is 6.03 Å². The Morgan fingerprint density at radius 3 is 2.43 bits per heavy atom. The van der Waals surface area contributed by atoms with Crippen molar-refractivity contribution < 1.29 is 9.90 Å². The number of nitrogens with one attached hydrogen (secondary N) is 2. The lowest BCUT2D eigenvalue weighted by atomic mass is 10.1. The molecule has 0 aliphatic carbocycles. The van der Waals surface area contributed by atoms with E-state index in [2.05, 4.69) is 10.6 Å². The number of carbonyl (C=O) groups excluding carboxylic acids is 1. The van der Waals surface area contributed by atoms with Crippen LogP contribution in [0, 0.1) is 0 Å². The van der Waals surface area contributed by atoms with E-state index in [1.165, 1.54) is 4.90 Å². The molecule has 0 fully saturated rings. The van der Waals surface area contributed by atoms with Crippen LogP contribution in [-0.2, 0) is 6.54 Å². The van der Waals surface area contributed by atoms with Crippen molar-refractivity contribution in [2.75, 3.05) is 12.8 Å². The molecule has 122 valence electrons. The average Bonchev–Trinajstić information content (AvgIpc) is 2.61. The highest BCUT2D eigenvalue weighted by atomic mass is 32.2. The molecule has 1 unspecified atom stereocenters. The fourth-order valence-corrected chi connectivity index (χ4v) is 2.56. The first-order valence-corrected chi connectivity index (χ1v) is 8.79. The third-order valence-electron chi connectivity index (χ3n) is 3.50. The molecule has 5 heteroatoms. The number of benzene rings is 2. The molecular formula is C18H22N2O2S. The Morgan fingerprint density at radius 1 is 1.09 bits per heavy atom.